The molecule has 3 nitrogen and oxygen atoms in total. The Bertz CT molecular complexity index is 475. The van der Waals surface area contributed by atoms with E-state index in [1.54, 1.807) is 12.1 Å². The lowest BCUT2D eigenvalue weighted by atomic mass is 10.0. The summed E-state index contributed by atoms with van der Waals surface area (Å²) in [6.07, 6.45) is 4.71. The smallest absolute Gasteiger partial charge is 0.251 e. The van der Waals surface area contributed by atoms with Crippen molar-refractivity contribution in [3.8, 4) is 0 Å². The highest BCUT2D eigenvalue weighted by Crippen LogP contribution is 2.48. The van der Waals surface area contributed by atoms with Gasteiger partial charge in [0, 0.05) is 12.1 Å². The van der Waals surface area contributed by atoms with Crippen molar-refractivity contribution in [1.29, 1.82) is 0 Å². The van der Waals surface area contributed by atoms with Gasteiger partial charge in [0.05, 0.1) is 15.7 Å². The summed E-state index contributed by atoms with van der Waals surface area (Å²) in [6, 6.07) is 3.11. The number of carbonyl (C=O) groups is 1. The van der Waals surface area contributed by atoms with E-state index < -0.39 is 0 Å². The number of nitrogens with two attached hydrogens (primary N) is 1. The lowest BCUT2D eigenvalue weighted by Gasteiger charge is -2.15. The van der Waals surface area contributed by atoms with Crippen LogP contribution in [0.25, 0.3) is 0 Å². The fourth-order valence-corrected chi connectivity index (χ4v) is 2.67. The van der Waals surface area contributed by atoms with Gasteiger partial charge in [0.15, 0.2) is 0 Å². The molecule has 1 amide bonds. The van der Waals surface area contributed by atoms with E-state index in [2.05, 4.69) is 12.2 Å². The van der Waals surface area contributed by atoms with Gasteiger partial charge in [-0.05, 0) is 36.8 Å². The molecule has 3 N–H and O–H groups in total. The highest BCUT2D eigenvalue weighted by atomic mass is 35.5. The summed E-state index contributed by atoms with van der Waals surface area (Å²) in [5.41, 5.74) is 6.82. The van der Waals surface area contributed by atoms with Crippen LogP contribution in [0.15, 0.2) is 12.1 Å². The van der Waals surface area contributed by atoms with Crippen molar-refractivity contribution in [2.45, 2.75) is 32.6 Å². The van der Waals surface area contributed by atoms with Crippen LogP contribution < -0.4 is 11.1 Å². The van der Waals surface area contributed by atoms with Gasteiger partial charge in [-0.1, -0.05) is 36.5 Å². The van der Waals surface area contributed by atoms with Gasteiger partial charge < -0.3 is 11.1 Å². The number of nitrogen functional groups attached to an aromatic ring is 1. The van der Waals surface area contributed by atoms with Crippen LogP contribution >= 0.6 is 23.2 Å². The van der Waals surface area contributed by atoms with Crippen molar-refractivity contribution < 1.29 is 4.79 Å². The minimum atomic E-state index is -0.146. The molecule has 1 aliphatic carbocycles. The van der Waals surface area contributed by atoms with Crippen molar-refractivity contribution >= 4 is 34.8 Å². The summed E-state index contributed by atoms with van der Waals surface area (Å²) in [4.78, 5) is 12.1. The molecule has 0 radical (unpaired) electrons. The van der Waals surface area contributed by atoms with Crippen molar-refractivity contribution in [3.05, 3.63) is 27.7 Å². The number of nitrogens with one attached hydrogen (secondary N) is 1. The van der Waals surface area contributed by atoms with Gasteiger partial charge in [-0.3, -0.25) is 4.79 Å². The average Bonchev–Trinajstić information content (AvgIpc) is 3.13. The van der Waals surface area contributed by atoms with E-state index in [-0.39, 0.29) is 5.91 Å². The second-order valence-corrected chi connectivity index (χ2v) is 6.08. The average molecular weight is 301 g/mol. The van der Waals surface area contributed by atoms with Gasteiger partial charge in [-0.15, -0.1) is 0 Å². The molecule has 1 fully saturated rings. The van der Waals surface area contributed by atoms with Crippen molar-refractivity contribution in [2.24, 2.45) is 5.41 Å². The second-order valence-electron chi connectivity index (χ2n) is 5.29. The number of halogens is 2. The van der Waals surface area contributed by atoms with Crippen LogP contribution in [0, 0.1) is 5.41 Å². The third-order valence-electron chi connectivity index (χ3n) is 3.68. The molecule has 19 heavy (non-hydrogen) atoms. The third kappa shape index (κ3) is 3.34. The van der Waals surface area contributed by atoms with Crippen LogP contribution in [0.4, 0.5) is 5.69 Å². The van der Waals surface area contributed by atoms with Crippen LogP contribution in [-0.2, 0) is 0 Å². The quantitative estimate of drug-likeness (QED) is 0.811. The van der Waals surface area contributed by atoms with E-state index in [0.29, 0.717) is 26.7 Å². The molecule has 0 aromatic heterocycles. The largest absolute Gasteiger partial charge is 0.397 e. The molecule has 0 saturated heterocycles. The first-order chi connectivity index (χ1) is 8.97. The Kier molecular flexibility index (Phi) is 4.26. The summed E-state index contributed by atoms with van der Waals surface area (Å²) in [5, 5.41) is 3.57. The first kappa shape index (κ1) is 14.5. The number of hydrogen-bond donors (Lipinski definition) is 2. The molecule has 0 unspecified atom stereocenters. The lowest BCUT2D eigenvalue weighted by Crippen LogP contribution is -2.30. The monoisotopic (exact) mass is 300 g/mol. The minimum Gasteiger partial charge on any atom is -0.397 e. The fourth-order valence-electron chi connectivity index (χ4n) is 2.33. The standard InChI is InChI=1S/C14H18Cl2N2O/c1-2-3-14(4-5-14)8-18-13(19)9-6-10(15)12(16)11(17)7-9/h6-7H,2-5,8,17H2,1H3,(H,18,19). The van der Waals surface area contributed by atoms with E-state index >= 15 is 0 Å². The van der Waals surface area contributed by atoms with Gasteiger partial charge in [-0.2, -0.15) is 0 Å². The predicted molar refractivity (Wildman–Crippen MR) is 79.8 cm³/mol. The first-order valence-corrected chi connectivity index (χ1v) is 7.26. The second kappa shape index (κ2) is 5.59. The molecule has 0 heterocycles. The maximum absolute atomic E-state index is 12.1. The van der Waals surface area contributed by atoms with Gasteiger partial charge in [0.2, 0.25) is 0 Å². The van der Waals surface area contributed by atoms with E-state index in [1.165, 1.54) is 12.8 Å². The number of hydrogen-bond acceptors (Lipinski definition) is 2. The van der Waals surface area contributed by atoms with Gasteiger partial charge in [0.1, 0.15) is 0 Å². The molecule has 0 bridgehead atoms. The molecule has 104 valence electrons. The van der Waals surface area contributed by atoms with Crippen molar-refractivity contribution in [3.63, 3.8) is 0 Å². The Morgan fingerprint density at radius 3 is 2.63 bits per heavy atom. The van der Waals surface area contributed by atoms with E-state index in [4.69, 9.17) is 28.9 Å². The molecule has 1 saturated carbocycles. The van der Waals surface area contributed by atoms with E-state index in [0.717, 1.165) is 19.4 Å². The van der Waals surface area contributed by atoms with Gasteiger partial charge in [0.25, 0.3) is 5.91 Å². The molecular weight excluding hydrogens is 283 g/mol. The Hall–Kier alpha value is -0.930. The van der Waals surface area contributed by atoms with Crippen molar-refractivity contribution in [2.75, 3.05) is 12.3 Å². The zero-order chi connectivity index (χ0) is 14.0. The normalized spacial score (nSPS) is 16.2. The van der Waals surface area contributed by atoms with Crippen LogP contribution in [0.1, 0.15) is 43.0 Å². The molecule has 0 aliphatic heterocycles. The number of benzene rings is 1. The van der Waals surface area contributed by atoms with Crippen LogP contribution in [0.3, 0.4) is 0 Å². The Morgan fingerprint density at radius 2 is 2.11 bits per heavy atom. The molecule has 0 spiro atoms. The van der Waals surface area contributed by atoms with Crippen LogP contribution in [0.5, 0.6) is 0 Å². The maximum Gasteiger partial charge on any atom is 0.251 e. The maximum atomic E-state index is 12.1. The molecule has 1 aromatic rings. The zero-order valence-corrected chi connectivity index (χ0v) is 12.4. The number of rotatable bonds is 5. The molecule has 5 heteroatoms. The number of anilines is 1. The summed E-state index contributed by atoms with van der Waals surface area (Å²) >= 11 is 11.8. The summed E-state index contributed by atoms with van der Waals surface area (Å²) in [5.74, 6) is -0.146. The molecule has 1 aromatic carbocycles. The summed E-state index contributed by atoms with van der Waals surface area (Å²) in [6.45, 7) is 2.89. The minimum absolute atomic E-state index is 0.146. The Balaban J connectivity index is 2.01. The Morgan fingerprint density at radius 1 is 1.42 bits per heavy atom. The highest BCUT2D eigenvalue weighted by molar-refractivity contribution is 6.43. The summed E-state index contributed by atoms with van der Waals surface area (Å²) < 4.78 is 0. The van der Waals surface area contributed by atoms with Gasteiger partial charge in [-0.25, -0.2) is 0 Å². The Labute approximate surface area is 123 Å². The van der Waals surface area contributed by atoms with E-state index in [9.17, 15) is 4.79 Å². The molecule has 2 rings (SSSR count). The van der Waals surface area contributed by atoms with Crippen molar-refractivity contribution in [1.82, 2.24) is 5.32 Å². The SMILES string of the molecule is CCCC1(CNC(=O)c2cc(N)c(Cl)c(Cl)c2)CC1. The zero-order valence-electron chi connectivity index (χ0n) is 10.9. The van der Waals surface area contributed by atoms with E-state index in [1.807, 2.05) is 0 Å². The number of carbonyl (C=O) groups excluding carboxylic acids is 1. The topological polar surface area (TPSA) is 55.1 Å². The summed E-state index contributed by atoms with van der Waals surface area (Å²) in [7, 11) is 0. The molecular formula is C14H18Cl2N2O. The number of amides is 1. The predicted octanol–water partition coefficient (Wildman–Crippen LogP) is 3.89. The first-order valence-electron chi connectivity index (χ1n) is 6.50. The lowest BCUT2D eigenvalue weighted by molar-refractivity contribution is 0.0944. The molecule has 1 aliphatic rings. The van der Waals surface area contributed by atoms with Gasteiger partial charge >= 0.3 is 0 Å². The fraction of sp³-hybridized carbons (Fsp3) is 0.500. The van der Waals surface area contributed by atoms with Crippen LogP contribution in [0.2, 0.25) is 10.0 Å². The highest BCUT2D eigenvalue weighted by Gasteiger charge is 2.41. The molecule has 0 atom stereocenters. The van der Waals surface area contributed by atoms with Crippen LogP contribution in [-0.4, -0.2) is 12.5 Å². The third-order valence-corrected chi connectivity index (χ3v) is 4.50.